The Balaban J connectivity index is 1.55. The molecule has 0 saturated heterocycles. The van der Waals surface area contributed by atoms with Crippen LogP contribution in [0, 0.1) is 0 Å². The van der Waals surface area contributed by atoms with Gasteiger partial charge in [-0.15, -0.1) is 10.2 Å². The highest BCUT2D eigenvalue weighted by molar-refractivity contribution is 9.10. The fraction of sp³-hybridized carbons (Fsp3) is 0. The molecule has 1 N–H and O–H groups in total. The van der Waals surface area contributed by atoms with Crippen molar-refractivity contribution in [2.45, 2.75) is 0 Å². The highest BCUT2D eigenvalue weighted by atomic mass is 79.9. The van der Waals surface area contributed by atoms with E-state index in [1.54, 1.807) is 72.8 Å². The Morgan fingerprint density at radius 1 is 0.857 bits per heavy atom. The second-order valence-electron chi connectivity index (χ2n) is 5.56. The number of hydrogen-bond donors (Lipinski definition) is 1. The zero-order chi connectivity index (χ0) is 19.9. The van der Waals surface area contributed by atoms with Gasteiger partial charge in [0, 0.05) is 15.1 Å². The molecule has 0 saturated carbocycles. The maximum absolute atomic E-state index is 12.0. The van der Waals surface area contributed by atoms with Gasteiger partial charge in [0.05, 0.1) is 16.9 Å². The molecular weight excluding hydrogens is 446 g/mol. The highest BCUT2D eigenvalue weighted by Gasteiger charge is 2.07. The average Bonchev–Trinajstić information content (AvgIpc) is 2.72. The number of anilines is 1. The van der Waals surface area contributed by atoms with Gasteiger partial charge in [0.2, 0.25) is 0 Å². The van der Waals surface area contributed by atoms with Gasteiger partial charge in [-0.25, -0.2) is 10.3 Å². The quantitative estimate of drug-likeness (QED) is 0.364. The summed E-state index contributed by atoms with van der Waals surface area (Å²) in [5.41, 5.74) is 4.40. The van der Waals surface area contributed by atoms with Crippen LogP contribution in [0.2, 0.25) is 5.02 Å². The van der Waals surface area contributed by atoms with Crippen LogP contribution in [0.4, 0.5) is 11.4 Å². The van der Waals surface area contributed by atoms with E-state index in [0.29, 0.717) is 27.5 Å². The number of nitrogens with zero attached hydrogens (tertiary/aromatic N) is 2. The molecule has 6 nitrogen and oxygen atoms in total. The van der Waals surface area contributed by atoms with E-state index in [9.17, 15) is 9.59 Å². The fourth-order valence-electron chi connectivity index (χ4n) is 2.10. The van der Waals surface area contributed by atoms with Crippen molar-refractivity contribution in [1.29, 1.82) is 0 Å². The van der Waals surface area contributed by atoms with E-state index in [0.717, 1.165) is 4.47 Å². The van der Waals surface area contributed by atoms with E-state index >= 15 is 0 Å². The molecule has 3 rings (SSSR count). The van der Waals surface area contributed by atoms with Gasteiger partial charge < -0.3 is 4.84 Å². The molecule has 0 aliphatic carbocycles. The molecule has 140 valence electrons. The van der Waals surface area contributed by atoms with Crippen LogP contribution in [-0.4, -0.2) is 11.9 Å². The predicted molar refractivity (Wildman–Crippen MR) is 110 cm³/mol. The van der Waals surface area contributed by atoms with Crippen LogP contribution in [0.15, 0.2) is 87.5 Å². The van der Waals surface area contributed by atoms with Gasteiger partial charge in [0.1, 0.15) is 0 Å². The van der Waals surface area contributed by atoms with Crippen molar-refractivity contribution in [1.82, 2.24) is 0 Å². The second-order valence-corrected chi connectivity index (χ2v) is 6.91. The van der Waals surface area contributed by atoms with Crippen LogP contribution in [0.1, 0.15) is 20.7 Å². The monoisotopic (exact) mass is 457 g/mol. The Hall–Kier alpha value is -3.03. The van der Waals surface area contributed by atoms with Crippen molar-refractivity contribution in [3.8, 4) is 0 Å². The molecular formula is C20H13BrClN3O3. The van der Waals surface area contributed by atoms with Crippen LogP contribution in [-0.2, 0) is 4.84 Å². The number of azo groups is 1. The van der Waals surface area contributed by atoms with Crippen molar-refractivity contribution in [3.63, 3.8) is 0 Å². The van der Waals surface area contributed by atoms with Crippen LogP contribution < -0.4 is 5.48 Å². The lowest BCUT2D eigenvalue weighted by Gasteiger charge is -2.06. The predicted octanol–water partition coefficient (Wildman–Crippen LogP) is 6.21. The topological polar surface area (TPSA) is 80.1 Å². The minimum Gasteiger partial charge on any atom is -0.338 e. The van der Waals surface area contributed by atoms with E-state index < -0.39 is 11.9 Å². The maximum Gasteiger partial charge on any atom is 0.362 e. The Kier molecular flexibility index (Phi) is 6.52. The van der Waals surface area contributed by atoms with E-state index in [1.807, 2.05) is 0 Å². The lowest BCUT2D eigenvalue weighted by Crippen LogP contribution is -2.10. The molecule has 0 bridgehead atoms. The molecule has 0 fully saturated rings. The fourth-order valence-corrected chi connectivity index (χ4v) is 2.49. The Bertz CT molecular complexity index is 1000. The first-order valence-corrected chi connectivity index (χ1v) is 9.23. The summed E-state index contributed by atoms with van der Waals surface area (Å²) in [5, 5.41) is 8.15. The molecule has 0 unspecified atom stereocenters. The molecule has 8 heteroatoms. The molecule has 0 spiro atoms. The van der Waals surface area contributed by atoms with Gasteiger partial charge in [0.15, 0.2) is 0 Å². The second kappa shape index (κ2) is 9.25. The molecule has 1 amide bonds. The van der Waals surface area contributed by atoms with E-state index in [4.69, 9.17) is 16.4 Å². The van der Waals surface area contributed by atoms with Crippen molar-refractivity contribution < 1.29 is 14.4 Å². The zero-order valence-electron chi connectivity index (χ0n) is 14.3. The molecule has 0 heterocycles. The van der Waals surface area contributed by atoms with Gasteiger partial charge in [-0.05, 0) is 72.8 Å². The van der Waals surface area contributed by atoms with Gasteiger partial charge in [0.25, 0.3) is 5.91 Å². The van der Waals surface area contributed by atoms with Crippen molar-refractivity contribution >= 4 is 50.8 Å². The first-order chi connectivity index (χ1) is 13.5. The van der Waals surface area contributed by atoms with Crippen LogP contribution in [0.25, 0.3) is 0 Å². The highest BCUT2D eigenvalue weighted by Crippen LogP contribution is 2.18. The number of halogens is 2. The van der Waals surface area contributed by atoms with Gasteiger partial charge in [-0.3, -0.25) is 4.79 Å². The SMILES string of the molecule is O=C(N=Nc1ccc(NOC(=O)c2ccc(Cl)cc2)cc1)c1ccc(Br)cc1. The third kappa shape index (κ3) is 5.48. The summed E-state index contributed by atoms with van der Waals surface area (Å²) in [4.78, 5) is 28.9. The first-order valence-electron chi connectivity index (χ1n) is 8.06. The third-order valence-electron chi connectivity index (χ3n) is 3.56. The van der Waals surface area contributed by atoms with E-state index in [2.05, 4.69) is 31.6 Å². The number of hydrogen-bond acceptors (Lipinski definition) is 5. The van der Waals surface area contributed by atoms with Crippen molar-refractivity contribution in [2.75, 3.05) is 5.48 Å². The molecule has 0 radical (unpaired) electrons. The van der Waals surface area contributed by atoms with Crippen LogP contribution >= 0.6 is 27.5 Å². The standard InChI is InChI=1S/C20H13BrClN3O3/c21-15-5-1-13(2-6-15)19(26)24-23-17-9-11-18(12-10-17)25-28-20(27)14-3-7-16(22)8-4-14/h1-12,25H. The Morgan fingerprint density at radius 3 is 2.11 bits per heavy atom. The molecule has 0 aromatic heterocycles. The number of benzene rings is 3. The third-order valence-corrected chi connectivity index (χ3v) is 4.34. The minimum atomic E-state index is -0.541. The Labute approximate surface area is 174 Å². The number of carbonyl (C=O) groups is 2. The number of carbonyl (C=O) groups excluding carboxylic acids is 2. The summed E-state index contributed by atoms with van der Waals surface area (Å²) >= 11 is 9.09. The molecule has 3 aromatic rings. The van der Waals surface area contributed by atoms with E-state index in [1.165, 1.54) is 0 Å². The zero-order valence-corrected chi connectivity index (χ0v) is 16.6. The normalized spacial score (nSPS) is 10.6. The summed E-state index contributed by atoms with van der Waals surface area (Å²) in [5.74, 6) is -0.980. The summed E-state index contributed by atoms with van der Waals surface area (Å²) in [6, 6.07) is 19.7. The van der Waals surface area contributed by atoms with Gasteiger partial charge in [-0.2, -0.15) is 0 Å². The largest absolute Gasteiger partial charge is 0.362 e. The van der Waals surface area contributed by atoms with Gasteiger partial charge >= 0.3 is 5.97 Å². The molecule has 28 heavy (non-hydrogen) atoms. The lowest BCUT2D eigenvalue weighted by molar-refractivity contribution is 0.0596. The summed E-state index contributed by atoms with van der Waals surface area (Å²) < 4.78 is 0.876. The first kappa shape index (κ1) is 19.7. The number of rotatable bonds is 5. The van der Waals surface area contributed by atoms with Crippen LogP contribution in [0.5, 0.6) is 0 Å². The lowest BCUT2D eigenvalue weighted by atomic mass is 10.2. The molecule has 0 aliphatic rings. The smallest absolute Gasteiger partial charge is 0.338 e. The molecule has 0 aliphatic heterocycles. The van der Waals surface area contributed by atoms with E-state index in [-0.39, 0.29) is 0 Å². The molecule has 3 aromatic carbocycles. The van der Waals surface area contributed by atoms with Crippen molar-refractivity contribution in [3.05, 3.63) is 93.4 Å². The molecule has 0 atom stereocenters. The average molecular weight is 459 g/mol. The maximum atomic E-state index is 12.0. The van der Waals surface area contributed by atoms with Gasteiger partial charge in [-0.1, -0.05) is 27.5 Å². The van der Waals surface area contributed by atoms with Crippen LogP contribution in [0.3, 0.4) is 0 Å². The summed E-state index contributed by atoms with van der Waals surface area (Å²) in [7, 11) is 0. The number of nitrogens with one attached hydrogen (secondary N) is 1. The van der Waals surface area contributed by atoms with Crippen molar-refractivity contribution in [2.24, 2.45) is 10.2 Å². The number of amides is 1. The summed E-state index contributed by atoms with van der Waals surface area (Å²) in [6.45, 7) is 0. The summed E-state index contributed by atoms with van der Waals surface area (Å²) in [6.07, 6.45) is 0. The Morgan fingerprint density at radius 2 is 1.46 bits per heavy atom. The minimum absolute atomic E-state index is 0.369.